The molecule has 1 atom stereocenters. The van der Waals surface area contributed by atoms with Crippen molar-refractivity contribution in [1.82, 2.24) is 19.8 Å². The molecule has 0 aliphatic carbocycles. The lowest BCUT2D eigenvalue weighted by atomic mass is 9.98. The lowest BCUT2D eigenvalue weighted by Crippen LogP contribution is -2.28. The van der Waals surface area contributed by atoms with Crippen LogP contribution in [0, 0.1) is 0 Å². The van der Waals surface area contributed by atoms with Gasteiger partial charge in [-0.05, 0) is 47.5 Å². The lowest BCUT2D eigenvalue weighted by molar-refractivity contribution is -0.130. The molecule has 0 N–H and O–H groups in total. The SMILES string of the molecule is COc1ccc(C2=NN(C(=O)CSc3nncn3C)C(c3ccc(OC)cc3)C2)cc1. The van der Waals surface area contributed by atoms with Crippen LogP contribution in [0.4, 0.5) is 0 Å². The normalized spacial score (nSPS) is 15.6. The molecule has 3 aromatic rings. The van der Waals surface area contributed by atoms with Crippen molar-refractivity contribution in [1.29, 1.82) is 0 Å². The van der Waals surface area contributed by atoms with E-state index < -0.39 is 0 Å². The quantitative estimate of drug-likeness (QED) is 0.528. The van der Waals surface area contributed by atoms with Gasteiger partial charge in [-0.2, -0.15) is 5.10 Å². The molecule has 1 aliphatic rings. The fourth-order valence-corrected chi connectivity index (χ4v) is 4.12. The van der Waals surface area contributed by atoms with Crippen LogP contribution in [0.5, 0.6) is 11.5 Å². The molecule has 1 unspecified atom stereocenters. The van der Waals surface area contributed by atoms with Gasteiger partial charge in [0.2, 0.25) is 0 Å². The molecule has 1 aromatic heterocycles. The molecular weight excluding hydrogens is 414 g/mol. The van der Waals surface area contributed by atoms with Crippen LogP contribution in [0.1, 0.15) is 23.6 Å². The maximum absolute atomic E-state index is 13.1. The second kappa shape index (κ2) is 9.22. The van der Waals surface area contributed by atoms with Crippen molar-refractivity contribution in [2.24, 2.45) is 12.1 Å². The van der Waals surface area contributed by atoms with Gasteiger partial charge in [-0.15, -0.1) is 10.2 Å². The zero-order chi connectivity index (χ0) is 21.8. The molecule has 0 bridgehead atoms. The summed E-state index contributed by atoms with van der Waals surface area (Å²) in [5.74, 6) is 1.69. The largest absolute Gasteiger partial charge is 0.497 e. The number of hydrogen-bond acceptors (Lipinski definition) is 7. The minimum atomic E-state index is -0.185. The highest BCUT2D eigenvalue weighted by Gasteiger charge is 2.33. The van der Waals surface area contributed by atoms with E-state index in [9.17, 15) is 4.79 Å². The highest BCUT2D eigenvalue weighted by molar-refractivity contribution is 7.99. The monoisotopic (exact) mass is 437 g/mol. The van der Waals surface area contributed by atoms with Gasteiger partial charge in [0.15, 0.2) is 5.16 Å². The van der Waals surface area contributed by atoms with E-state index in [1.165, 1.54) is 11.8 Å². The third-order valence-electron chi connectivity index (χ3n) is 5.08. The molecule has 9 heteroatoms. The lowest BCUT2D eigenvalue weighted by Gasteiger charge is -2.22. The van der Waals surface area contributed by atoms with E-state index in [4.69, 9.17) is 14.6 Å². The van der Waals surface area contributed by atoms with Crippen molar-refractivity contribution in [3.63, 3.8) is 0 Å². The number of carbonyl (C=O) groups excluding carboxylic acids is 1. The number of ether oxygens (including phenoxy) is 2. The van der Waals surface area contributed by atoms with Gasteiger partial charge in [0.25, 0.3) is 5.91 Å². The topological polar surface area (TPSA) is 81.8 Å². The highest BCUT2D eigenvalue weighted by atomic mass is 32.2. The fourth-order valence-electron chi connectivity index (χ4n) is 3.38. The first-order chi connectivity index (χ1) is 15.1. The highest BCUT2D eigenvalue weighted by Crippen LogP contribution is 2.34. The van der Waals surface area contributed by atoms with E-state index in [1.54, 1.807) is 30.1 Å². The molecule has 0 fully saturated rings. The summed E-state index contributed by atoms with van der Waals surface area (Å²) in [6.45, 7) is 0. The number of amides is 1. The molecule has 160 valence electrons. The van der Waals surface area contributed by atoms with Gasteiger partial charge < -0.3 is 14.0 Å². The average Bonchev–Trinajstić information content (AvgIpc) is 3.44. The van der Waals surface area contributed by atoms with E-state index in [2.05, 4.69) is 10.2 Å². The number of aryl methyl sites for hydroxylation is 1. The summed E-state index contributed by atoms with van der Waals surface area (Å²) < 4.78 is 12.3. The van der Waals surface area contributed by atoms with Crippen LogP contribution in [0.3, 0.4) is 0 Å². The number of methoxy groups -OCH3 is 2. The average molecular weight is 438 g/mol. The maximum Gasteiger partial charge on any atom is 0.253 e. The summed E-state index contributed by atoms with van der Waals surface area (Å²) in [4.78, 5) is 13.1. The van der Waals surface area contributed by atoms with Gasteiger partial charge in [0.1, 0.15) is 17.8 Å². The Labute approximate surface area is 184 Å². The number of nitrogens with zero attached hydrogens (tertiary/aromatic N) is 5. The predicted molar refractivity (Wildman–Crippen MR) is 118 cm³/mol. The first kappa shape index (κ1) is 20.9. The van der Waals surface area contributed by atoms with Crippen LogP contribution in [-0.2, 0) is 11.8 Å². The molecule has 2 aromatic carbocycles. The van der Waals surface area contributed by atoms with Gasteiger partial charge in [0, 0.05) is 13.5 Å². The molecule has 1 aliphatic heterocycles. The Morgan fingerprint density at radius 3 is 2.29 bits per heavy atom. The number of hydrazone groups is 1. The summed E-state index contributed by atoms with van der Waals surface area (Å²) in [6, 6.07) is 15.3. The Morgan fingerprint density at radius 2 is 1.71 bits per heavy atom. The molecule has 0 saturated carbocycles. The zero-order valence-electron chi connectivity index (χ0n) is 17.6. The van der Waals surface area contributed by atoms with E-state index in [-0.39, 0.29) is 17.7 Å². The minimum absolute atomic E-state index is 0.0858. The van der Waals surface area contributed by atoms with Crippen molar-refractivity contribution in [2.75, 3.05) is 20.0 Å². The zero-order valence-corrected chi connectivity index (χ0v) is 18.4. The Hall–Kier alpha value is -3.33. The van der Waals surface area contributed by atoms with Gasteiger partial charge in [-0.25, -0.2) is 5.01 Å². The molecule has 8 nitrogen and oxygen atoms in total. The Morgan fingerprint density at radius 1 is 1.06 bits per heavy atom. The second-order valence-corrected chi connectivity index (χ2v) is 7.96. The number of rotatable bonds is 7. The summed E-state index contributed by atoms with van der Waals surface area (Å²) in [5.41, 5.74) is 2.83. The Bertz CT molecular complexity index is 1080. The van der Waals surface area contributed by atoms with E-state index in [0.717, 1.165) is 28.3 Å². The summed E-state index contributed by atoms with van der Waals surface area (Å²) in [5, 5.41) is 14.9. The Balaban J connectivity index is 1.59. The molecule has 0 radical (unpaired) electrons. The van der Waals surface area contributed by atoms with Gasteiger partial charge in [0.05, 0.1) is 31.7 Å². The van der Waals surface area contributed by atoms with Crippen LogP contribution in [0.25, 0.3) is 0 Å². The third-order valence-corrected chi connectivity index (χ3v) is 6.10. The molecule has 2 heterocycles. The number of aromatic nitrogens is 3. The molecule has 4 rings (SSSR count). The predicted octanol–water partition coefficient (Wildman–Crippen LogP) is 3.30. The smallest absolute Gasteiger partial charge is 0.253 e. The second-order valence-electron chi connectivity index (χ2n) is 7.02. The number of benzene rings is 2. The van der Waals surface area contributed by atoms with E-state index in [0.29, 0.717) is 11.6 Å². The van der Waals surface area contributed by atoms with Crippen molar-refractivity contribution in [3.05, 3.63) is 66.0 Å². The summed E-state index contributed by atoms with van der Waals surface area (Å²) >= 11 is 1.35. The molecule has 31 heavy (non-hydrogen) atoms. The van der Waals surface area contributed by atoms with E-state index in [1.807, 2.05) is 55.6 Å². The van der Waals surface area contributed by atoms with Crippen LogP contribution < -0.4 is 9.47 Å². The Kier molecular flexibility index (Phi) is 6.22. The fraction of sp³-hybridized carbons (Fsp3) is 0.273. The van der Waals surface area contributed by atoms with Crippen LogP contribution in [-0.4, -0.2) is 51.4 Å². The summed E-state index contributed by atoms with van der Waals surface area (Å²) in [6.07, 6.45) is 2.24. The van der Waals surface area contributed by atoms with E-state index >= 15 is 0 Å². The van der Waals surface area contributed by atoms with Gasteiger partial charge >= 0.3 is 0 Å². The van der Waals surface area contributed by atoms with Crippen LogP contribution in [0.15, 0.2) is 65.1 Å². The maximum atomic E-state index is 13.1. The third kappa shape index (κ3) is 4.56. The van der Waals surface area contributed by atoms with Crippen molar-refractivity contribution in [3.8, 4) is 11.5 Å². The van der Waals surface area contributed by atoms with Crippen molar-refractivity contribution >= 4 is 23.4 Å². The van der Waals surface area contributed by atoms with Gasteiger partial charge in [-0.3, -0.25) is 4.79 Å². The minimum Gasteiger partial charge on any atom is -0.497 e. The van der Waals surface area contributed by atoms with Gasteiger partial charge in [-0.1, -0.05) is 23.9 Å². The first-order valence-corrected chi connectivity index (χ1v) is 10.7. The first-order valence-electron chi connectivity index (χ1n) is 9.73. The van der Waals surface area contributed by atoms with Crippen LogP contribution in [0.2, 0.25) is 0 Å². The summed E-state index contributed by atoms with van der Waals surface area (Å²) in [7, 11) is 5.12. The van der Waals surface area contributed by atoms with Crippen LogP contribution >= 0.6 is 11.8 Å². The van der Waals surface area contributed by atoms with Crippen molar-refractivity contribution in [2.45, 2.75) is 17.6 Å². The number of hydrogen-bond donors (Lipinski definition) is 0. The molecule has 0 spiro atoms. The number of thioether (sulfide) groups is 1. The number of carbonyl (C=O) groups is 1. The standard InChI is InChI=1S/C22H23N5O3S/c1-26-14-23-24-22(26)31-13-21(28)27-20(16-6-10-18(30-3)11-7-16)12-19(25-27)15-4-8-17(29-2)9-5-15/h4-11,14,20H,12-13H2,1-3H3. The molecule has 0 saturated heterocycles. The molecule has 1 amide bonds. The molecular formula is C22H23N5O3S. The van der Waals surface area contributed by atoms with Crippen molar-refractivity contribution < 1.29 is 14.3 Å².